The highest BCUT2D eigenvalue weighted by Gasteiger charge is 2.15. The molecule has 5 heteroatoms. The zero-order chi connectivity index (χ0) is 10.7. The monoisotopic (exact) mass is 212 g/mol. The fraction of sp³-hybridized carbons (Fsp3) is 0.111. The van der Waals surface area contributed by atoms with Crippen molar-refractivity contribution in [2.24, 2.45) is 0 Å². The number of benzene rings is 1. The van der Waals surface area contributed by atoms with Gasteiger partial charge >= 0.3 is 0 Å². The predicted octanol–water partition coefficient (Wildman–Crippen LogP) is 1.70. The van der Waals surface area contributed by atoms with Crippen molar-refractivity contribution in [1.29, 1.82) is 5.26 Å². The van der Waals surface area contributed by atoms with Crippen LogP contribution in [-0.2, 0) is 0 Å². The van der Waals surface area contributed by atoms with Crippen LogP contribution in [0.2, 0.25) is 0 Å². The van der Waals surface area contributed by atoms with Crippen LogP contribution in [-0.4, -0.2) is 11.7 Å². The lowest BCUT2D eigenvalue weighted by atomic mass is 10.0. The Morgan fingerprint density at radius 1 is 1.64 bits per heavy atom. The zero-order valence-corrected chi connectivity index (χ0v) is 7.81. The van der Waals surface area contributed by atoms with E-state index in [-0.39, 0.29) is 22.7 Å². The number of nitrogens with zero attached hydrogens (tertiary/aromatic N) is 1. The van der Waals surface area contributed by atoms with E-state index in [4.69, 9.17) is 22.6 Å². The van der Waals surface area contributed by atoms with E-state index in [1.54, 1.807) is 6.07 Å². The summed E-state index contributed by atoms with van der Waals surface area (Å²) in [6.45, 7) is 0. The van der Waals surface area contributed by atoms with Gasteiger partial charge in [-0.15, -0.1) is 11.6 Å². The SMILES string of the molecule is N#Cc1c(F)cc(N)cc1C(=O)CCl. The molecule has 1 rings (SSSR count). The molecule has 2 N–H and O–H groups in total. The number of nitrogen functional groups attached to an aromatic ring is 1. The molecule has 0 radical (unpaired) electrons. The molecule has 0 aromatic heterocycles. The van der Waals surface area contributed by atoms with E-state index in [2.05, 4.69) is 0 Å². The molecule has 3 nitrogen and oxygen atoms in total. The summed E-state index contributed by atoms with van der Waals surface area (Å²) in [6, 6.07) is 3.83. The summed E-state index contributed by atoms with van der Waals surface area (Å²) in [7, 11) is 0. The molecule has 0 spiro atoms. The Bertz CT molecular complexity index is 426. The van der Waals surface area contributed by atoms with Crippen molar-refractivity contribution >= 4 is 23.1 Å². The first kappa shape index (κ1) is 10.5. The molecule has 0 amide bonds. The molecule has 1 aromatic rings. The third-order valence-corrected chi connectivity index (χ3v) is 1.89. The standard InChI is InChI=1S/C9H6ClFN2O/c10-3-9(14)6-1-5(13)2-8(11)7(6)4-12/h1-2H,3,13H2. The Kier molecular flexibility index (Phi) is 3.05. The average Bonchev–Trinajstić information content (AvgIpc) is 2.15. The molecular formula is C9H6ClFN2O. The van der Waals surface area contributed by atoms with Gasteiger partial charge in [0.05, 0.1) is 11.4 Å². The highest BCUT2D eigenvalue weighted by molar-refractivity contribution is 6.30. The highest BCUT2D eigenvalue weighted by atomic mass is 35.5. The third-order valence-electron chi connectivity index (χ3n) is 1.65. The fourth-order valence-corrected chi connectivity index (χ4v) is 1.18. The molecule has 0 saturated heterocycles. The molecule has 0 atom stereocenters. The van der Waals surface area contributed by atoms with Gasteiger partial charge in [0.15, 0.2) is 5.78 Å². The minimum absolute atomic E-state index is 0.0694. The molecule has 0 unspecified atom stereocenters. The first-order valence-electron chi connectivity index (χ1n) is 3.68. The van der Waals surface area contributed by atoms with Crippen molar-refractivity contribution in [3.8, 4) is 6.07 Å². The van der Waals surface area contributed by atoms with Crippen LogP contribution in [0, 0.1) is 17.1 Å². The van der Waals surface area contributed by atoms with Gasteiger partial charge in [-0.05, 0) is 12.1 Å². The van der Waals surface area contributed by atoms with Crippen molar-refractivity contribution in [1.82, 2.24) is 0 Å². The first-order valence-corrected chi connectivity index (χ1v) is 4.22. The van der Waals surface area contributed by atoms with E-state index >= 15 is 0 Å². The quantitative estimate of drug-likeness (QED) is 0.461. The van der Waals surface area contributed by atoms with Crippen molar-refractivity contribution in [2.75, 3.05) is 11.6 Å². The molecule has 1 aromatic carbocycles. The molecule has 0 aliphatic rings. The second kappa shape index (κ2) is 4.07. The van der Waals surface area contributed by atoms with Crippen molar-refractivity contribution in [3.63, 3.8) is 0 Å². The smallest absolute Gasteiger partial charge is 0.179 e. The molecular weight excluding hydrogens is 207 g/mol. The third kappa shape index (κ3) is 1.83. The minimum atomic E-state index is -0.805. The predicted molar refractivity (Wildman–Crippen MR) is 50.6 cm³/mol. The lowest BCUT2D eigenvalue weighted by Crippen LogP contribution is -2.06. The summed E-state index contributed by atoms with van der Waals surface area (Å²) in [6.07, 6.45) is 0. The van der Waals surface area contributed by atoms with Gasteiger partial charge in [0, 0.05) is 11.3 Å². The van der Waals surface area contributed by atoms with Gasteiger partial charge in [-0.3, -0.25) is 4.79 Å². The van der Waals surface area contributed by atoms with Crippen molar-refractivity contribution in [2.45, 2.75) is 0 Å². The van der Waals surface area contributed by atoms with Gasteiger partial charge in [-0.25, -0.2) is 4.39 Å². The number of anilines is 1. The number of nitriles is 1. The van der Waals surface area contributed by atoms with Crippen LogP contribution in [0.15, 0.2) is 12.1 Å². The summed E-state index contributed by atoms with van der Waals surface area (Å²) < 4.78 is 13.1. The van der Waals surface area contributed by atoms with E-state index in [0.29, 0.717) is 0 Å². The number of carbonyl (C=O) groups is 1. The second-order valence-electron chi connectivity index (χ2n) is 2.59. The summed E-state index contributed by atoms with van der Waals surface area (Å²) in [5.41, 5.74) is 5.04. The number of halogens is 2. The molecule has 0 saturated carbocycles. The average molecular weight is 213 g/mol. The van der Waals surface area contributed by atoms with E-state index < -0.39 is 11.6 Å². The number of hydrogen-bond donors (Lipinski definition) is 1. The molecule has 0 fully saturated rings. The van der Waals surface area contributed by atoms with Crippen molar-refractivity contribution < 1.29 is 9.18 Å². The number of ketones is 1. The van der Waals surface area contributed by atoms with Gasteiger partial charge in [-0.2, -0.15) is 5.26 Å². The number of hydrogen-bond acceptors (Lipinski definition) is 3. The van der Waals surface area contributed by atoms with Crippen LogP contribution < -0.4 is 5.73 Å². The van der Waals surface area contributed by atoms with E-state index in [0.717, 1.165) is 6.07 Å². The van der Waals surface area contributed by atoms with Gasteiger partial charge in [0.1, 0.15) is 11.9 Å². The number of alkyl halides is 1. The van der Waals surface area contributed by atoms with E-state index in [1.165, 1.54) is 6.07 Å². The van der Waals surface area contributed by atoms with E-state index in [9.17, 15) is 9.18 Å². The second-order valence-corrected chi connectivity index (χ2v) is 2.86. The van der Waals surface area contributed by atoms with Gasteiger partial charge in [0.2, 0.25) is 0 Å². The molecule has 0 bridgehead atoms. The molecule has 0 aliphatic carbocycles. The fourth-order valence-electron chi connectivity index (χ4n) is 1.03. The lowest BCUT2D eigenvalue weighted by Gasteiger charge is -2.03. The maximum Gasteiger partial charge on any atom is 0.179 e. The van der Waals surface area contributed by atoms with Crippen LogP contribution in [0.25, 0.3) is 0 Å². The van der Waals surface area contributed by atoms with Gasteiger partial charge < -0.3 is 5.73 Å². The number of Topliss-reactive ketones (excluding diaryl/α,β-unsaturated/α-hetero) is 1. The lowest BCUT2D eigenvalue weighted by molar-refractivity contribution is 0.102. The minimum Gasteiger partial charge on any atom is -0.399 e. The molecule has 14 heavy (non-hydrogen) atoms. The van der Waals surface area contributed by atoms with Crippen LogP contribution in [0.5, 0.6) is 0 Å². The van der Waals surface area contributed by atoms with Gasteiger partial charge in [0.25, 0.3) is 0 Å². The van der Waals surface area contributed by atoms with Crippen LogP contribution in [0.1, 0.15) is 15.9 Å². The maximum absolute atomic E-state index is 13.1. The Morgan fingerprint density at radius 2 is 2.29 bits per heavy atom. The maximum atomic E-state index is 13.1. The number of rotatable bonds is 2. The largest absolute Gasteiger partial charge is 0.399 e. The Balaban J connectivity index is 3.41. The van der Waals surface area contributed by atoms with Crippen LogP contribution >= 0.6 is 11.6 Å². The van der Waals surface area contributed by atoms with Crippen LogP contribution in [0.3, 0.4) is 0 Å². The van der Waals surface area contributed by atoms with E-state index in [1.807, 2.05) is 0 Å². The Morgan fingerprint density at radius 3 is 2.79 bits per heavy atom. The zero-order valence-electron chi connectivity index (χ0n) is 7.05. The summed E-state index contributed by atoms with van der Waals surface area (Å²) >= 11 is 5.30. The topological polar surface area (TPSA) is 66.9 Å². The molecule has 0 heterocycles. The van der Waals surface area contributed by atoms with Crippen molar-refractivity contribution in [3.05, 3.63) is 29.1 Å². The summed E-state index contributed by atoms with van der Waals surface area (Å²) in [5.74, 6) is -1.63. The Hall–Kier alpha value is -1.60. The summed E-state index contributed by atoms with van der Waals surface area (Å²) in [4.78, 5) is 11.2. The normalized spacial score (nSPS) is 9.50. The highest BCUT2D eigenvalue weighted by Crippen LogP contribution is 2.18. The number of nitrogens with two attached hydrogens (primary N) is 1. The Labute approximate surface area is 84.9 Å². The summed E-state index contributed by atoms with van der Waals surface area (Å²) in [5, 5.41) is 8.61. The van der Waals surface area contributed by atoms with Crippen LogP contribution in [0.4, 0.5) is 10.1 Å². The van der Waals surface area contributed by atoms with Gasteiger partial charge in [-0.1, -0.05) is 0 Å². The molecule has 0 aliphatic heterocycles. The number of carbonyl (C=O) groups excluding carboxylic acids is 1. The molecule has 72 valence electrons. The first-order chi connectivity index (χ1) is 6.60.